The molecule has 0 spiro atoms. The number of rotatable bonds is 3. The summed E-state index contributed by atoms with van der Waals surface area (Å²) in [6.07, 6.45) is 1.62. The summed E-state index contributed by atoms with van der Waals surface area (Å²) in [7, 11) is 0. The highest BCUT2D eigenvalue weighted by molar-refractivity contribution is 8.27. The van der Waals surface area contributed by atoms with E-state index in [4.69, 9.17) is 12.2 Å². The van der Waals surface area contributed by atoms with Crippen LogP contribution in [-0.4, -0.2) is 15.2 Å². The Morgan fingerprint density at radius 2 is 1.88 bits per heavy atom. The summed E-state index contributed by atoms with van der Waals surface area (Å²) in [5.74, 6) is -0.323. The smallest absolute Gasteiger partial charge is 0.268 e. The van der Waals surface area contributed by atoms with Crippen molar-refractivity contribution < 1.29 is 9.72 Å². The van der Waals surface area contributed by atoms with Crippen LogP contribution < -0.4 is 4.90 Å². The molecule has 0 aliphatic carbocycles. The quantitative estimate of drug-likeness (QED) is 0.354. The number of amides is 1. The average molecular weight is 367 g/mol. The molecule has 0 radical (unpaired) electrons. The number of nitro groups is 1. The van der Waals surface area contributed by atoms with Crippen molar-refractivity contribution in [3.05, 3.63) is 74.7 Å². The van der Waals surface area contributed by atoms with Gasteiger partial charge in [-0.25, -0.2) is 0 Å². The van der Waals surface area contributed by atoms with Crippen LogP contribution >= 0.6 is 24.0 Å². The Kier molecular flexibility index (Phi) is 4.61. The summed E-state index contributed by atoms with van der Waals surface area (Å²) >= 11 is 6.41. The number of nitriles is 1. The summed E-state index contributed by atoms with van der Waals surface area (Å²) in [6.45, 7) is 0. The van der Waals surface area contributed by atoms with Gasteiger partial charge < -0.3 is 0 Å². The van der Waals surface area contributed by atoms with Crippen LogP contribution in [0.5, 0.6) is 0 Å². The summed E-state index contributed by atoms with van der Waals surface area (Å²) in [5, 5.41) is 19.9. The second-order valence-corrected chi connectivity index (χ2v) is 6.67. The maximum atomic E-state index is 12.7. The second kappa shape index (κ2) is 6.84. The third-order valence-corrected chi connectivity index (χ3v) is 4.76. The molecule has 0 saturated carbocycles. The number of hydrogen-bond acceptors (Lipinski definition) is 6. The normalized spacial score (nSPS) is 15.5. The van der Waals surface area contributed by atoms with E-state index in [2.05, 4.69) is 0 Å². The Hall–Kier alpha value is -3.02. The van der Waals surface area contributed by atoms with Gasteiger partial charge in [-0.2, -0.15) is 5.26 Å². The number of thiocarbonyl (C=S) groups is 1. The predicted octanol–water partition coefficient (Wildman–Crippen LogP) is 3.87. The fourth-order valence-electron chi connectivity index (χ4n) is 2.28. The summed E-state index contributed by atoms with van der Waals surface area (Å²) in [5.41, 5.74) is 1.43. The molecule has 2 aromatic carbocycles. The Morgan fingerprint density at radius 3 is 2.52 bits per heavy atom. The zero-order valence-electron chi connectivity index (χ0n) is 12.6. The van der Waals surface area contributed by atoms with Crippen LogP contribution in [0.25, 0.3) is 6.08 Å². The number of carbonyl (C=O) groups is 1. The highest BCUT2D eigenvalue weighted by Crippen LogP contribution is 2.37. The Bertz CT molecular complexity index is 962. The molecule has 1 heterocycles. The fourth-order valence-corrected chi connectivity index (χ4v) is 3.57. The van der Waals surface area contributed by atoms with Gasteiger partial charge in [0.15, 0.2) is 4.32 Å². The van der Waals surface area contributed by atoms with E-state index in [0.717, 1.165) is 11.8 Å². The summed E-state index contributed by atoms with van der Waals surface area (Å²) in [6, 6.07) is 14.7. The Balaban J connectivity index is 1.93. The van der Waals surface area contributed by atoms with Crippen molar-refractivity contribution in [2.45, 2.75) is 0 Å². The van der Waals surface area contributed by atoms with E-state index in [1.54, 1.807) is 42.5 Å². The first-order valence-electron chi connectivity index (χ1n) is 7.03. The Labute approximate surface area is 152 Å². The number of thioether (sulfide) groups is 1. The molecule has 1 fully saturated rings. The first-order valence-corrected chi connectivity index (χ1v) is 8.25. The number of nitro benzene ring substituents is 1. The fraction of sp³-hybridized carbons (Fsp3) is 0. The van der Waals surface area contributed by atoms with Crippen molar-refractivity contribution in [3.63, 3.8) is 0 Å². The lowest BCUT2D eigenvalue weighted by molar-refractivity contribution is -0.384. The molecule has 1 amide bonds. The predicted molar refractivity (Wildman–Crippen MR) is 99.9 cm³/mol. The van der Waals surface area contributed by atoms with Crippen LogP contribution in [0.1, 0.15) is 11.1 Å². The molecule has 0 bridgehead atoms. The van der Waals surface area contributed by atoms with E-state index >= 15 is 0 Å². The molecule has 1 aliphatic rings. The number of anilines is 1. The zero-order chi connectivity index (χ0) is 18.0. The largest absolute Gasteiger partial charge is 0.270 e. The van der Waals surface area contributed by atoms with Crippen molar-refractivity contribution >= 4 is 51.7 Å². The minimum absolute atomic E-state index is 0.0207. The third-order valence-electron chi connectivity index (χ3n) is 3.46. The second-order valence-electron chi connectivity index (χ2n) is 4.99. The topological polar surface area (TPSA) is 87.2 Å². The van der Waals surface area contributed by atoms with Crippen LogP contribution in [0.3, 0.4) is 0 Å². The molecule has 0 aromatic heterocycles. The van der Waals surface area contributed by atoms with Crippen LogP contribution in [0, 0.1) is 21.4 Å². The molecule has 25 heavy (non-hydrogen) atoms. The Morgan fingerprint density at radius 1 is 1.20 bits per heavy atom. The van der Waals surface area contributed by atoms with Crippen LogP contribution in [0.15, 0.2) is 53.4 Å². The third kappa shape index (κ3) is 3.28. The maximum Gasteiger partial charge on any atom is 0.270 e. The minimum atomic E-state index is -0.484. The van der Waals surface area contributed by atoms with E-state index in [1.807, 2.05) is 6.07 Å². The van der Waals surface area contributed by atoms with E-state index in [-0.39, 0.29) is 11.6 Å². The van der Waals surface area contributed by atoms with Crippen molar-refractivity contribution in [2.75, 3.05) is 4.90 Å². The van der Waals surface area contributed by atoms with Gasteiger partial charge in [-0.05, 0) is 35.9 Å². The molecule has 0 unspecified atom stereocenters. The van der Waals surface area contributed by atoms with Crippen molar-refractivity contribution in [3.8, 4) is 6.07 Å². The number of carbonyl (C=O) groups excluding carboxylic acids is 1. The zero-order valence-corrected chi connectivity index (χ0v) is 14.2. The van der Waals surface area contributed by atoms with E-state index in [9.17, 15) is 20.2 Å². The summed E-state index contributed by atoms with van der Waals surface area (Å²) < 4.78 is 0.334. The maximum absolute atomic E-state index is 12.7. The first kappa shape index (κ1) is 16.8. The number of hydrogen-bond donors (Lipinski definition) is 0. The summed E-state index contributed by atoms with van der Waals surface area (Å²) in [4.78, 5) is 24.6. The molecule has 0 atom stereocenters. The monoisotopic (exact) mass is 367 g/mol. The highest BCUT2D eigenvalue weighted by atomic mass is 32.2. The van der Waals surface area contributed by atoms with E-state index < -0.39 is 4.92 Å². The molecule has 1 saturated heterocycles. The number of non-ortho nitro benzene ring substituents is 1. The van der Waals surface area contributed by atoms with Gasteiger partial charge in [0, 0.05) is 12.1 Å². The minimum Gasteiger partial charge on any atom is -0.268 e. The van der Waals surface area contributed by atoms with Gasteiger partial charge in [0.25, 0.3) is 11.6 Å². The van der Waals surface area contributed by atoms with Gasteiger partial charge in [0.05, 0.1) is 21.1 Å². The SMILES string of the molecule is N#Cc1ccccc1N1C(=O)/C(=C/c2ccc([N+](=O)[O-])cc2)SC1=S. The molecule has 8 heteroatoms. The van der Waals surface area contributed by atoms with Gasteiger partial charge in [-0.1, -0.05) is 36.1 Å². The molecule has 122 valence electrons. The first-order chi connectivity index (χ1) is 12.0. The van der Waals surface area contributed by atoms with Gasteiger partial charge in [-0.15, -0.1) is 0 Å². The van der Waals surface area contributed by atoms with Crippen LogP contribution in [-0.2, 0) is 4.79 Å². The van der Waals surface area contributed by atoms with E-state index in [1.165, 1.54) is 17.0 Å². The molecule has 1 aliphatic heterocycles. The number of nitrogens with zero attached hydrogens (tertiary/aromatic N) is 3. The molecule has 6 nitrogen and oxygen atoms in total. The molecule has 0 N–H and O–H groups in total. The number of benzene rings is 2. The van der Waals surface area contributed by atoms with Crippen molar-refractivity contribution in [2.24, 2.45) is 0 Å². The van der Waals surface area contributed by atoms with Crippen LogP contribution in [0.4, 0.5) is 11.4 Å². The van der Waals surface area contributed by atoms with Gasteiger partial charge >= 0.3 is 0 Å². The van der Waals surface area contributed by atoms with Crippen molar-refractivity contribution in [1.82, 2.24) is 0 Å². The lowest BCUT2D eigenvalue weighted by Gasteiger charge is -2.15. The van der Waals surface area contributed by atoms with E-state index in [0.29, 0.717) is 26.0 Å². The van der Waals surface area contributed by atoms with Gasteiger partial charge in [0.2, 0.25) is 0 Å². The van der Waals surface area contributed by atoms with Crippen LogP contribution in [0.2, 0.25) is 0 Å². The number of para-hydroxylation sites is 1. The molecule has 2 aromatic rings. The van der Waals surface area contributed by atoms with Gasteiger partial charge in [-0.3, -0.25) is 19.8 Å². The lowest BCUT2D eigenvalue weighted by atomic mass is 10.1. The molecule has 3 rings (SSSR count). The average Bonchev–Trinajstić information content (AvgIpc) is 2.89. The lowest BCUT2D eigenvalue weighted by Crippen LogP contribution is -2.28. The molecular weight excluding hydrogens is 358 g/mol. The van der Waals surface area contributed by atoms with Gasteiger partial charge in [0.1, 0.15) is 6.07 Å². The standard InChI is InChI=1S/C17H9N3O3S2/c18-10-12-3-1-2-4-14(12)19-16(21)15(25-17(19)24)9-11-5-7-13(8-6-11)20(22)23/h1-9H/b15-9-. The molecular formula is C17H9N3O3S2. The van der Waals surface area contributed by atoms with Crippen molar-refractivity contribution in [1.29, 1.82) is 5.26 Å². The highest BCUT2D eigenvalue weighted by Gasteiger charge is 2.34.